The summed E-state index contributed by atoms with van der Waals surface area (Å²) in [6.07, 6.45) is 16.9. The highest BCUT2D eigenvalue weighted by atomic mass is 15.1. The van der Waals surface area contributed by atoms with E-state index in [0.717, 1.165) is 12.8 Å². The highest BCUT2D eigenvalue weighted by Gasteiger charge is 2.03. The Kier molecular flexibility index (Phi) is 13.2. The molecule has 0 aliphatic rings. The van der Waals surface area contributed by atoms with Gasteiger partial charge in [-0.2, -0.15) is 0 Å². The molecular weight excluding hydrogens is 206 g/mol. The van der Waals surface area contributed by atoms with Crippen LogP contribution in [0.2, 0.25) is 0 Å². The molecule has 0 aliphatic heterocycles. The highest BCUT2D eigenvalue weighted by Crippen LogP contribution is 2.06. The van der Waals surface area contributed by atoms with E-state index in [9.17, 15) is 0 Å². The van der Waals surface area contributed by atoms with Crippen molar-refractivity contribution in [1.82, 2.24) is 4.90 Å². The number of hydrogen-bond donors (Lipinski definition) is 0. The molecule has 17 heavy (non-hydrogen) atoms. The Labute approximate surface area is 109 Å². The summed E-state index contributed by atoms with van der Waals surface area (Å²) in [7, 11) is 0. The number of nitrogens with zero attached hydrogens (tertiary/aromatic N) is 1. The summed E-state index contributed by atoms with van der Waals surface area (Å²) in [6, 6.07) is 0. The van der Waals surface area contributed by atoms with Crippen LogP contribution in [-0.4, -0.2) is 24.5 Å². The first-order valence-corrected chi connectivity index (χ1v) is 7.51. The maximum atomic E-state index is 5.30. The third kappa shape index (κ3) is 11.8. The van der Waals surface area contributed by atoms with E-state index in [2.05, 4.69) is 24.7 Å². The molecule has 0 saturated heterocycles. The first kappa shape index (κ1) is 16.5. The lowest BCUT2D eigenvalue weighted by molar-refractivity contribution is 0.261. The van der Waals surface area contributed by atoms with Crippen molar-refractivity contribution in [3.63, 3.8) is 0 Å². The standard InChI is InChI=1S/C16H31N/c1-4-7-10-11-13-16-17(14-9-6-3)15-12-8-5-2/h2H,4,6-16H2,1,3H3. The highest BCUT2D eigenvalue weighted by molar-refractivity contribution is 4.83. The second-order valence-electron chi connectivity index (χ2n) is 4.92. The maximum absolute atomic E-state index is 5.30. The molecule has 100 valence electrons. The SMILES string of the molecule is C#CCCCN(CCCC)CCCCCCC. The van der Waals surface area contributed by atoms with Gasteiger partial charge in [-0.15, -0.1) is 12.3 Å². The van der Waals surface area contributed by atoms with Crippen LogP contribution in [-0.2, 0) is 0 Å². The topological polar surface area (TPSA) is 3.24 Å². The lowest BCUT2D eigenvalue weighted by Gasteiger charge is -2.21. The maximum Gasteiger partial charge on any atom is 0.00982 e. The van der Waals surface area contributed by atoms with Gasteiger partial charge < -0.3 is 4.90 Å². The van der Waals surface area contributed by atoms with Crippen molar-refractivity contribution in [3.8, 4) is 12.3 Å². The smallest absolute Gasteiger partial charge is 0.00982 e. The molecule has 0 amide bonds. The third-order valence-electron chi connectivity index (χ3n) is 3.20. The van der Waals surface area contributed by atoms with Crippen LogP contribution >= 0.6 is 0 Å². The van der Waals surface area contributed by atoms with Gasteiger partial charge in [0, 0.05) is 6.42 Å². The molecule has 0 heterocycles. The molecule has 1 heteroatoms. The molecule has 0 aromatic carbocycles. The number of terminal acetylenes is 1. The lowest BCUT2D eigenvalue weighted by Crippen LogP contribution is -2.27. The summed E-state index contributed by atoms with van der Waals surface area (Å²) in [6.45, 7) is 8.26. The van der Waals surface area contributed by atoms with Gasteiger partial charge in [-0.3, -0.25) is 0 Å². The van der Waals surface area contributed by atoms with Gasteiger partial charge in [-0.05, 0) is 38.9 Å². The second kappa shape index (κ2) is 13.6. The van der Waals surface area contributed by atoms with Crippen molar-refractivity contribution in [3.05, 3.63) is 0 Å². The van der Waals surface area contributed by atoms with E-state index in [4.69, 9.17) is 6.42 Å². The Hall–Kier alpha value is -0.480. The molecule has 0 aromatic rings. The van der Waals surface area contributed by atoms with Crippen molar-refractivity contribution in [1.29, 1.82) is 0 Å². The molecule has 0 saturated carbocycles. The molecule has 0 aromatic heterocycles. The fourth-order valence-corrected chi connectivity index (χ4v) is 2.06. The number of rotatable bonds is 12. The Bertz CT molecular complexity index is 180. The van der Waals surface area contributed by atoms with E-state index in [0.29, 0.717) is 0 Å². The fourth-order valence-electron chi connectivity index (χ4n) is 2.06. The van der Waals surface area contributed by atoms with Gasteiger partial charge in [-0.1, -0.05) is 46.0 Å². The van der Waals surface area contributed by atoms with Crippen LogP contribution in [0.3, 0.4) is 0 Å². The van der Waals surface area contributed by atoms with Crippen LogP contribution in [0, 0.1) is 12.3 Å². The zero-order chi connectivity index (χ0) is 12.8. The molecule has 0 rings (SSSR count). The van der Waals surface area contributed by atoms with E-state index in [1.807, 2.05) is 0 Å². The van der Waals surface area contributed by atoms with Crippen molar-refractivity contribution in [2.45, 2.75) is 71.6 Å². The fraction of sp³-hybridized carbons (Fsp3) is 0.875. The molecule has 0 unspecified atom stereocenters. The molecule has 0 aliphatic carbocycles. The third-order valence-corrected chi connectivity index (χ3v) is 3.20. The van der Waals surface area contributed by atoms with Gasteiger partial charge in [0.25, 0.3) is 0 Å². The van der Waals surface area contributed by atoms with Crippen molar-refractivity contribution >= 4 is 0 Å². The van der Waals surface area contributed by atoms with E-state index in [1.54, 1.807) is 0 Å². The Morgan fingerprint density at radius 2 is 1.35 bits per heavy atom. The molecule has 0 atom stereocenters. The normalized spacial score (nSPS) is 10.7. The van der Waals surface area contributed by atoms with Crippen LogP contribution in [0.15, 0.2) is 0 Å². The lowest BCUT2D eigenvalue weighted by atomic mass is 10.1. The van der Waals surface area contributed by atoms with Gasteiger partial charge in [0.15, 0.2) is 0 Å². The van der Waals surface area contributed by atoms with E-state index >= 15 is 0 Å². The van der Waals surface area contributed by atoms with Gasteiger partial charge >= 0.3 is 0 Å². The predicted octanol–water partition coefficient (Wildman–Crippen LogP) is 4.47. The summed E-state index contributed by atoms with van der Waals surface area (Å²) < 4.78 is 0. The van der Waals surface area contributed by atoms with Crippen molar-refractivity contribution in [2.75, 3.05) is 19.6 Å². The minimum Gasteiger partial charge on any atom is -0.303 e. The molecule has 0 N–H and O–H groups in total. The van der Waals surface area contributed by atoms with Crippen molar-refractivity contribution < 1.29 is 0 Å². The first-order valence-electron chi connectivity index (χ1n) is 7.51. The summed E-state index contributed by atoms with van der Waals surface area (Å²) in [5.74, 6) is 2.74. The summed E-state index contributed by atoms with van der Waals surface area (Å²) in [5.41, 5.74) is 0. The van der Waals surface area contributed by atoms with Crippen LogP contribution < -0.4 is 0 Å². The predicted molar refractivity (Wildman–Crippen MR) is 78.2 cm³/mol. The minimum atomic E-state index is 0.929. The Morgan fingerprint density at radius 1 is 0.765 bits per heavy atom. The molecule has 1 nitrogen and oxygen atoms in total. The molecule has 0 radical (unpaired) electrons. The van der Waals surface area contributed by atoms with Gasteiger partial charge in [0.1, 0.15) is 0 Å². The zero-order valence-corrected chi connectivity index (χ0v) is 12.0. The largest absolute Gasteiger partial charge is 0.303 e. The van der Waals surface area contributed by atoms with E-state index < -0.39 is 0 Å². The van der Waals surface area contributed by atoms with Gasteiger partial charge in [0.2, 0.25) is 0 Å². The first-order chi connectivity index (χ1) is 8.35. The van der Waals surface area contributed by atoms with E-state index in [-0.39, 0.29) is 0 Å². The van der Waals surface area contributed by atoms with Crippen LogP contribution in [0.5, 0.6) is 0 Å². The molecule has 0 fully saturated rings. The average Bonchev–Trinajstić information content (AvgIpc) is 2.35. The summed E-state index contributed by atoms with van der Waals surface area (Å²) >= 11 is 0. The monoisotopic (exact) mass is 237 g/mol. The zero-order valence-electron chi connectivity index (χ0n) is 12.0. The average molecular weight is 237 g/mol. The second-order valence-corrected chi connectivity index (χ2v) is 4.92. The van der Waals surface area contributed by atoms with E-state index in [1.165, 1.54) is 64.6 Å². The van der Waals surface area contributed by atoms with Crippen LogP contribution in [0.1, 0.15) is 71.6 Å². The number of unbranched alkanes of at least 4 members (excludes halogenated alkanes) is 6. The van der Waals surface area contributed by atoms with Gasteiger partial charge in [-0.25, -0.2) is 0 Å². The molecule has 0 bridgehead atoms. The minimum absolute atomic E-state index is 0.929. The van der Waals surface area contributed by atoms with Crippen LogP contribution in [0.25, 0.3) is 0 Å². The number of hydrogen-bond acceptors (Lipinski definition) is 1. The van der Waals surface area contributed by atoms with Crippen molar-refractivity contribution in [2.24, 2.45) is 0 Å². The summed E-state index contributed by atoms with van der Waals surface area (Å²) in [4.78, 5) is 2.60. The molecule has 0 spiro atoms. The Morgan fingerprint density at radius 3 is 2.00 bits per heavy atom. The van der Waals surface area contributed by atoms with Gasteiger partial charge in [0.05, 0.1) is 0 Å². The van der Waals surface area contributed by atoms with Crippen LogP contribution in [0.4, 0.5) is 0 Å². The molecular formula is C16H31N. The Balaban J connectivity index is 3.57. The quantitative estimate of drug-likeness (QED) is 0.357. The summed E-state index contributed by atoms with van der Waals surface area (Å²) in [5, 5.41) is 0.